The smallest absolute Gasteiger partial charge is 0.128 e. The number of ether oxygens (including phenoxy) is 1. The fourth-order valence-corrected chi connectivity index (χ4v) is 1.93. The van der Waals surface area contributed by atoms with Crippen LogP contribution in [-0.2, 0) is 4.74 Å². The highest BCUT2D eigenvalue weighted by Gasteiger charge is 2.16. The molecule has 4 nitrogen and oxygen atoms in total. The third-order valence-corrected chi connectivity index (χ3v) is 2.91. The van der Waals surface area contributed by atoms with Gasteiger partial charge in [-0.1, -0.05) is 0 Å². The van der Waals surface area contributed by atoms with Gasteiger partial charge in [0.1, 0.15) is 5.82 Å². The van der Waals surface area contributed by atoms with E-state index in [1.54, 1.807) is 6.20 Å². The lowest BCUT2D eigenvalue weighted by Gasteiger charge is -2.23. The number of nitrogens with zero attached hydrogens (tertiary/aromatic N) is 2. The number of hydrogen-bond acceptors (Lipinski definition) is 4. The van der Waals surface area contributed by atoms with Crippen LogP contribution in [0.25, 0.3) is 0 Å². The summed E-state index contributed by atoms with van der Waals surface area (Å²) >= 11 is 0. The van der Waals surface area contributed by atoms with Crippen molar-refractivity contribution in [1.82, 2.24) is 4.98 Å². The second kappa shape index (κ2) is 4.70. The number of hydrogen-bond donors (Lipinski definition) is 1. The van der Waals surface area contributed by atoms with Crippen LogP contribution in [0.1, 0.15) is 18.9 Å². The normalized spacial score (nSPS) is 21.9. The molecule has 1 aromatic heterocycles. The Balaban J connectivity index is 2.18. The molecule has 0 aromatic carbocycles. The van der Waals surface area contributed by atoms with Gasteiger partial charge in [-0.2, -0.15) is 0 Å². The molecule has 0 radical (unpaired) electrons. The van der Waals surface area contributed by atoms with Gasteiger partial charge in [0.15, 0.2) is 0 Å². The average Bonchev–Trinajstić information content (AvgIpc) is 2.47. The summed E-state index contributed by atoms with van der Waals surface area (Å²) in [6, 6.07) is 2.05. The molecule has 1 atom stereocenters. The Morgan fingerprint density at radius 1 is 1.56 bits per heavy atom. The quantitative estimate of drug-likeness (QED) is 0.782. The first-order chi connectivity index (χ1) is 7.66. The monoisotopic (exact) mass is 221 g/mol. The Labute approximate surface area is 96.4 Å². The molecule has 88 valence electrons. The van der Waals surface area contributed by atoms with E-state index in [2.05, 4.69) is 16.8 Å². The lowest BCUT2D eigenvalue weighted by atomic mass is 10.2. The van der Waals surface area contributed by atoms with Gasteiger partial charge in [-0.05, 0) is 31.9 Å². The Morgan fingerprint density at radius 2 is 2.38 bits per heavy atom. The van der Waals surface area contributed by atoms with Crippen LogP contribution >= 0.6 is 0 Å². The first-order valence-corrected chi connectivity index (χ1v) is 5.75. The van der Waals surface area contributed by atoms with E-state index < -0.39 is 0 Å². The molecule has 2 heterocycles. The van der Waals surface area contributed by atoms with Crippen LogP contribution in [0.5, 0.6) is 0 Å². The predicted octanol–water partition coefficient (Wildman–Crippen LogP) is 1.59. The van der Waals surface area contributed by atoms with Crippen molar-refractivity contribution in [3.05, 3.63) is 17.8 Å². The minimum atomic E-state index is 0.266. The molecule has 0 aliphatic carbocycles. The molecule has 1 aliphatic rings. The van der Waals surface area contributed by atoms with E-state index >= 15 is 0 Å². The summed E-state index contributed by atoms with van der Waals surface area (Å²) < 4.78 is 5.61. The van der Waals surface area contributed by atoms with Crippen molar-refractivity contribution in [3.8, 4) is 0 Å². The molecule has 1 fully saturated rings. The fraction of sp³-hybridized carbons (Fsp3) is 0.583. The van der Waals surface area contributed by atoms with Crippen molar-refractivity contribution in [3.63, 3.8) is 0 Å². The third-order valence-electron chi connectivity index (χ3n) is 2.91. The van der Waals surface area contributed by atoms with Gasteiger partial charge in [-0.25, -0.2) is 4.98 Å². The molecule has 0 saturated carbocycles. The molecule has 1 saturated heterocycles. The Hall–Kier alpha value is -1.29. The van der Waals surface area contributed by atoms with Crippen LogP contribution in [0.2, 0.25) is 0 Å². The van der Waals surface area contributed by atoms with Crippen LogP contribution in [0, 0.1) is 6.92 Å². The summed E-state index contributed by atoms with van der Waals surface area (Å²) in [6.45, 7) is 6.85. The zero-order chi connectivity index (χ0) is 11.5. The van der Waals surface area contributed by atoms with Crippen molar-refractivity contribution < 1.29 is 4.74 Å². The summed E-state index contributed by atoms with van der Waals surface area (Å²) in [7, 11) is 0. The molecular weight excluding hydrogens is 202 g/mol. The van der Waals surface area contributed by atoms with Crippen molar-refractivity contribution in [1.29, 1.82) is 0 Å². The molecular formula is C12H19N3O. The van der Waals surface area contributed by atoms with Crippen molar-refractivity contribution in [2.24, 2.45) is 0 Å². The highest BCUT2D eigenvalue weighted by Crippen LogP contribution is 2.19. The van der Waals surface area contributed by atoms with Gasteiger partial charge < -0.3 is 15.4 Å². The summed E-state index contributed by atoms with van der Waals surface area (Å²) in [5, 5.41) is 0. The maximum atomic E-state index is 5.77. The van der Waals surface area contributed by atoms with Crippen molar-refractivity contribution >= 4 is 11.5 Å². The first kappa shape index (κ1) is 11.2. The first-order valence-electron chi connectivity index (χ1n) is 5.75. The average molecular weight is 221 g/mol. The van der Waals surface area contributed by atoms with Crippen LogP contribution in [0.4, 0.5) is 11.5 Å². The second-order valence-corrected chi connectivity index (χ2v) is 4.38. The molecule has 1 unspecified atom stereocenters. The molecule has 1 aliphatic heterocycles. The van der Waals surface area contributed by atoms with Gasteiger partial charge in [-0.15, -0.1) is 0 Å². The zero-order valence-electron chi connectivity index (χ0n) is 9.94. The van der Waals surface area contributed by atoms with Gasteiger partial charge in [0.05, 0.1) is 18.0 Å². The predicted molar refractivity (Wildman–Crippen MR) is 65.6 cm³/mol. The molecule has 2 rings (SSSR count). The molecule has 1 aromatic rings. The topological polar surface area (TPSA) is 51.4 Å². The second-order valence-electron chi connectivity index (χ2n) is 4.38. The fourth-order valence-electron chi connectivity index (χ4n) is 1.93. The molecule has 2 N–H and O–H groups in total. The summed E-state index contributed by atoms with van der Waals surface area (Å²) in [5.41, 5.74) is 7.61. The van der Waals surface area contributed by atoms with E-state index in [1.807, 2.05) is 13.0 Å². The number of pyridine rings is 1. The van der Waals surface area contributed by atoms with Crippen molar-refractivity contribution in [2.45, 2.75) is 26.4 Å². The van der Waals surface area contributed by atoms with Crippen LogP contribution in [0.15, 0.2) is 12.3 Å². The SMILES string of the molecule is Cc1cc(N2CCCOC(C)C2)ncc1N. The van der Waals surface area contributed by atoms with Gasteiger partial charge in [-0.3, -0.25) is 0 Å². The van der Waals surface area contributed by atoms with Crippen LogP contribution in [-0.4, -0.2) is 30.8 Å². The molecule has 0 bridgehead atoms. The maximum absolute atomic E-state index is 5.77. The molecule has 0 amide bonds. The molecule has 4 heteroatoms. The minimum absolute atomic E-state index is 0.266. The number of nitrogen functional groups attached to an aromatic ring is 1. The molecule has 16 heavy (non-hydrogen) atoms. The van der Waals surface area contributed by atoms with E-state index in [9.17, 15) is 0 Å². The van der Waals surface area contributed by atoms with Gasteiger partial charge >= 0.3 is 0 Å². The number of aryl methyl sites for hydroxylation is 1. The summed E-state index contributed by atoms with van der Waals surface area (Å²) in [6.07, 6.45) is 3.05. The summed E-state index contributed by atoms with van der Waals surface area (Å²) in [4.78, 5) is 6.65. The Bertz CT molecular complexity index is 367. The number of rotatable bonds is 1. The zero-order valence-corrected chi connectivity index (χ0v) is 9.94. The lowest BCUT2D eigenvalue weighted by Crippen LogP contribution is -2.30. The van der Waals surface area contributed by atoms with E-state index in [0.29, 0.717) is 0 Å². The minimum Gasteiger partial charge on any atom is -0.397 e. The van der Waals surface area contributed by atoms with Crippen LogP contribution in [0.3, 0.4) is 0 Å². The van der Waals surface area contributed by atoms with E-state index in [1.165, 1.54) is 0 Å². The highest BCUT2D eigenvalue weighted by molar-refractivity contribution is 5.52. The summed E-state index contributed by atoms with van der Waals surface area (Å²) in [5.74, 6) is 1.00. The van der Waals surface area contributed by atoms with Crippen LogP contribution < -0.4 is 10.6 Å². The lowest BCUT2D eigenvalue weighted by molar-refractivity contribution is 0.0820. The highest BCUT2D eigenvalue weighted by atomic mass is 16.5. The third kappa shape index (κ3) is 2.44. The Morgan fingerprint density at radius 3 is 3.12 bits per heavy atom. The van der Waals surface area contributed by atoms with E-state index in [-0.39, 0.29) is 6.10 Å². The number of aromatic nitrogens is 1. The van der Waals surface area contributed by atoms with E-state index in [4.69, 9.17) is 10.5 Å². The number of nitrogens with two attached hydrogens (primary N) is 1. The number of anilines is 2. The largest absolute Gasteiger partial charge is 0.397 e. The van der Waals surface area contributed by atoms with Gasteiger partial charge in [0, 0.05) is 19.7 Å². The van der Waals surface area contributed by atoms with Gasteiger partial charge in [0.2, 0.25) is 0 Å². The van der Waals surface area contributed by atoms with Crippen molar-refractivity contribution in [2.75, 3.05) is 30.3 Å². The standard InChI is InChI=1S/C12H19N3O/c1-9-6-12(14-7-11(9)13)15-4-3-5-16-10(2)8-15/h6-7,10H,3-5,8,13H2,1-2H3. The molecule has 0 spiro atoms. The van der Waals surface area contributed by atoms with E-state index in [0.717, 1.165) is 43.2 Å². The van der Waals surface area contributed by atoms with Gasteiger partial charge in [0.25, 0.3) is 0 Å². The Kier molecular flexibility index (Phi) is 3.29. The maximum Gasteiger partial charge on any atom is 0.128 e.